The highest BCUT2D eigenvalue weighted by molar-refractivity contribution is 7.98. The second-order valence-electron chi connectivity index (χ2n) is 2.51. The number of nitrogens with one attached hydrogen (secondary N) is 1. The van der Waals surface area contributed by atoms with Gasteiger partial charge in [-0.2, -0.15) is 0 Å². The van der Waals surface area contributed by atoms with Crippen LogP contribution in [-0.4, -0.2) is 17.5 Å². The predicted molar refractivity (Wildman–Crippen MR) is 53.1 cm³/mol. The number of carbonyl (C=O) groups is 1. The molecule has 4 heteroatoms. The maximum Gasteiger partial charge on any atom is 0.404 e. The third-order valence-corrected chi connectivity index (χ3v) is 2.35. The zero-order valence-corrected chi connectivity index (χ0v) is 8.10. The summed E-state index contributed by atoms with van der Waals surface area (Å²) in [7, 11) is 0. The third kappa shape index (κ3) is 3.38. The van der Waals surface area contributed by atoms with Gasteiger partial charge in [-0.25, -0.2) is 4.79 Å². The fourth-order valence-electron chi connectivity index (χ4n) is 0.921. The molecule has 0 aliphatic carbocycles. The Bertz CT molecular complexity index is 284. The van der Waals surface area contributed by atoms with Gasteiger partial charge in [0.1, 0.15) is 0 Å². The lowest BCUT2D eigenvalue weighted by Crippen LogP contribution is -2.19. The summed E-state index contributed by atoms with van der Waals surface area (Å²) in [4.78, 5) is 11.4. The van der Waals surface area contributed by atoms with E-state index in [0.29, 0.717) is 6.54 Å². The average molecular weight is 197 g/mol. The Kier molecular flexibility index (Phi) is 3.64. The van der Waals surface area contributed by atoms with Crippen LogP contribution in [0.3, 0.4) is 0 Å². The summed E-state index contributed by atoms with van der Waals surface area (Å²) in [6, 6.07) is 7.79. The fourth-order valence-corrected chi connectivity index (χ4v) is 1.33. The van der Waals surface area contributed by atoms with Crippen LogP contribution in [0.2, 0.25) is 0 Å². The molecule has 0 radical (unpaired) electrons. The Hall–Kier alpha value is -1.16. The summed E-state index contributed by atoms with van der Waals surface area (Å²) in [5.41, 5.74) is 0.972. The highest BCUT2D eigenvalue weighted by Crippen LogP contribution is 2.14. The molecule has 0 unspecified atom stereocenters. The van der Waals surface area contributed by atoms with E-state index in [-0.39, 0.29) is 0 Å². The van der Waals surface area contributed by atoms with E-state index in [1.165, 1.54) is 4.90 Å². The average Bonchev–Trinajstić information content (AvgIpc) is 2.15. The Morgan fingerprint density at radius 2 is 2.08 bits per heavy atom. The van der Waals surface area contributed by atoms with Crippen LogP contribution in [0.25, 0.3) is 0 Å². The summed E-state index contributed by atoms with van der Waals surface area (Å²) in [5, 5.41) is 10.7. The molecular weight excluding hydrogens is 186 g/mol. The molecule has 0 heterocycles. The molecule has 0 spiro atoms. The van der Waals surface area contributed by atoms with Crippen LogP contribution in [0.15, 0.2) is 29.2 Å². The van der Waals surface area contributed by atoms with Crippen LogP contribution in [-0.2, 0) is 6.54 Å². The van der Waals surface area contributed by atoms with E-state index in [1.54, 1.807) is 11.8 Å². The van der Waals surface area contributed by atoms with Crippen LogP contribution in [0.5, 0.6) is 0 Å². The summed E-state index contributed by atoms with van der Waals surface area (Å²) in [5.74, 6) is 0. The first kappa shape index (κ1) is 9.92. The summed E-state index contributed by atoms with van der Waals surface area (Å²) in [6.07, 6.45) is 1.01. The Morgan fingerprint density at radius 3 is 2.54 bits per heavy atom. The van der Waals surface area contributed by atoms with Gasteiger partial charge in [-0.15, -0.1) is 11.8 Å². The van der Waals surface area contributed by atoms with Crippen LogP contribution in [0.4, 0.5) is 4.79 Å². The molecule has 3 nitrogen and oxygen atoms in total. The molecular formula is C9H11NO2S. The van der Waals surface area contributed by atoms with E-state index in [1.807, 2.05) is 30.5 Å². The largest absolute Gasteiger partial charge is 0.465 e. The van der Waals surface area contributed by atoms with E-state index in [9.17, 15) is 4.79 Å². The molecule has 13 heavy (non-hydrogen) atoms. The highest BCUT2D eigenvalue weighted by Gasteiger charge is 1.96. The van der Waals surface area contributed by atoms with Crippen molar-refractivity contribution in [3.63, 3.8) is 0 Å². The van der Waals surface area contributed by atoms with Crippen LogP contribution >= 0.6 is 11.8 Å². The molecule has 2 N–H and O–H groups in total. The highest BCUT2D eigenvalue weighted by atomic mass is 32.2. The van der Waals surface area contributed by atoms with Crippen LogP contribution in [0, 0.1) is 0 Å². The minimum Gasteiger partial charge on any atom is -0.465 e. The predicted octanol–water partition coefficient (Wildman–Crippen LogP) is 2.18. The summed E-state index contributed by atoms with van der Waals surface area (Å²) < 4.78 is 0. The molecule has 0 fully saturated rings. The fraction of sp³-hybridized carbons (Fsp3) is 0.222. The number of hydrogen-bond acceptors (Lipinski definition) is 2. The smallest absolute Gasteiger partial charge is 0.404 e. The summed E-state index contributed by atoms with van der Waals surface area (Å²) >= 11 is 1.67. The molecule has 0 atom stereocenters. The van der Waals surface area contributed by atoms with Crippen molar-refractivity contribution in [2.24, 2.45) is 0 Å². The minimum atomic E-state index is -0.992. The van der Waals surface area contributed by atoms with Gasteiger partial charge < -0.3 is 10.4 Å². The van der Waals surface area contributed by atoms with Gasteiger partial charge in [0.05, 0.1) is 0 Å². The van der Waals surface area contributed by atoms with E-state index in [2.05, 4.69) is 5.32 Å². The Labute approximate surface area is 81.2 Å². The number of benzene rings is 1. The lowest BCUT2D eigenvalue weighted by molar-refractivity contribution is 0.194. The second-order valence-corrected chi connectivity index (χ2v) is 3.39. The maximum atomic E-state index is 10.2. The van der Waals surface area contributed by atoms with Crippen molar-refractivity contribution in [3.8, 4) is 0 Å². The molecule has 1 aromatic carbocycles. The number of hydrogen-bond donors (Lipinski definition) is 2. The van der Waals surface area contributed by atoms with Gasteiger partial charge in [0.15, 0.2) is 0 Å². The number of amides is 1. The molecule has 1 aromatic rings. The monoisotopic (exact) mass is 197 g/mol. The number of thioether (sulfide) groups is 1. The van der Waals surface area contributed by atoms with Crippen molar-refractivity contribution in [1.29, 1.82) is 0 Å². The minimum absolute atomic E-state index is 0.365. The van der Waals surface area contributed by atoms with Gasteiger partial charge in [-0.05, 0) is 24.0 Å². The van der Waals surface area contributed by atoms with Crippen molar-refractivity contribution in [2.45, 2.75) is 11.4 Å². The molecule has 1 rings (SSSR count). The van der Waals surface area contributed by atoms with Crippen LogP contribution < -0.4 is 5.32 Å². The van der Waals surface area contributed by atoms with Gasteiger partial charge in [0.25, 0.3) is 0 Å². The molecule has 0 aliphatic heterocycles. The van der Waals surface area contributed by atoms with Gasteiger partial charge >= 0.3 is 6.09 Å². The first-order valence-corrected chi connectivity index (χ1v) is 5.04. The SMILES string of the molecule is CSc1ccc(CNC(=O)O)cc1. The van der Waals surface area contributed by atoms with Crippen molar-refractivity contribution < 1.29 is 9.90 Å². The molecule has 1 amide bonds. The number of carboxylic acid groups (broad SMARTS) is 1. The van der Waals surface area contributed by atoms with Crippen molar-refractivity contribution >= 4 is 17.9 Å². The van der Waals surface area contributed by atoms with Gasteiger partial charge in [-0.3, -0.25) is 0 Å². The van der Waals surface area contributed by atoms with Crippen molar-refractivity contribution in [2.75, 3.05) is 6.26 Å². The van der Waals surface area contributed by atoms with Crippen LogP contribution in [0.1, 0.15) is 5.56 Å². The molecule has 70 valence electrons. The second kappa shape index (κ2) is 4.77. The van der Waals surface area contributed by atoms with E-state index in [0.717, 1.165) is 5.56 Å². The first-order chi connectivity index (χ1) is 6.22. The summed E-state index contributed by atoms with van der Waals surface area (Å²) in [6.45, 7) is 0.365. The zero-order valence-electron chi connectivity index (χ0n) is 7.28. The lowest BCUT2D eigenvalue weighted by Gasteiger charge is -2.01. The van der Waals surface area contributed by atoms with E-state index < -0.39 is 6.09 Å². The Balaban J connectivity index is 2.54. The zero-order chi connectivity index (χ0) is 9.68. The third-order valence-electron chi connectivity index (χ3n) is 1.60. The molecule has 0 aromatic heterocycles. The first-order valence-electron chi connectivity index (χ1n) is 3.82. The van der Waals surface area contributed by atoms with E-state index in [4.69, 9.17) is 5.11 Å². The molecule has 0 saturated carbocycles. The lowest BCUT2D eigenvalue weighted by atomic mass is 10.2. The quantitative estimate of drug-likeness (QED) is 0.730. The van der Waals surface area contributed by atoms with Gasteiger partial charge in [-0.1, -0.05) is 12.1 Å². The van der Waals surface area contributed by atoms with Gasteiger partial charge in [0.2, 0.25) is 0 Å². The molecule has 0 bridgehead atoms. The number of rotatable bonds is 3. The molecule has 0 saturated heterocycles. The van der Waals surface area contributed by atoms with Gasteiger partial charge in [0, 0.05) is 11.4 Å². The van der Waals surface area contributed by atoms with Crippen molar-refractivity contribution in [1.82, 2.24) is 5.32 Å². The maximum absolute atomic E-state index is 10.2. The topological polar surface area (TPSA) is 49.3 Å². The van der Waals surface area contributed by atoms with Crippen molar-refractivity contribution in [3.05, 3.63) is 29.8 Å². The van der Waals surface area contributed by atoms with E-state index >= 15 is 0 Å². The normalized spacial score (nSPS) is 9.62. The Morgan fingerprint density at radius 1 is 1.46 bits per heavy atom. The molecule has 0 aliphatic rings. The standard InChI is InChI=1S/C9H11NO2S/c1-13-8-4-2-7(3-5-8)6-10-9(11)12/h2-5,10H,6H2,1H3,(H,11,12).